The van der Waals surface area contributed by atoms with Gasteiger partial charge in [-0.25, -0.2) is 0 Å². The van der Waals surface area contributed by atoms with Crippen molar-refractivity contribution in [2.24, 2.45) is 0 Å². The second-order valence-corrected chi connectivity index (χ2v) is 4.90. The molecular weight excluding hydrogens is 194 g/mol. The van der Waals surface area contributed by atoms with E-state index in [9.17, 15) is 0 Å². The second-order valence-electron chi connectivity index (χ2n) is 4.64. The molecule has 0 spiro atoms. The van der Waals surface area contributed by atoms with Gasteiger partial charge in [-0.2, -0.15) is 0 Å². The molecule has 1 aliphatic rings. The van der Waals surface area contributed by atoms with Gasteiger partial charge in [0.05, 0.1) is 0 Å². The third kappa shape index (κ3) is 3.62. The molecule has 0 aromatic rings. The van der Waals surface area contributed by atoms with E-state index < -0.39 is 0 Å². The van der Waals surface area contributed by atoms with Crippen LogP contribution >= 0.6 is 11.6 Å². The highest BCUT2D eigenvalue weighted by Gasteiger charge is 2.29. The van der Waals surface area contributed by atoms with Gasteiger partial charge >= 0.3 is 0 Å². The molecule has 1 rings (SSSR count). The van der Waals surface area contributed by atoms with Crippen LogP contribution < -0.4 is 5.32 Å². The lowest BCUT2D eigenvalue weighted by Gasteiger charge is -2.36. The molecule has 1 N–H and O–H groups in total. The predicted molar refractivity (Wildman–Crippen MR) is 64.0 cm³/mol. The summed E-state index contributed by atoms with van der Waals surface area (Å²) in [5.74, 6) is 0.754. The van der Waals surface area contributed by atoms with Crippen molar-refractivity contribution in [2.45, 2.75) is 51.5 Å². The summed E-state index contributed by atoms with van der Waals surface area (Å²) < 4.78 is 0. The van der Waals surface area contributed by atoms with Crippen molar-refractivity contribution < 1.29 is 0 Å². The van der Waals surface area contributed by atoms with Crippen LogP contribution in [0.1, 0.15) is 46.0 Å². The Kier molecular flexibility index (Phi) is 4.97. The Morgan fingerprint density at radius 1 is 1.29 bits per heavy atom. The topological polar surface area (TPSA) is 12.0 Å². The molecule has 2 heteroatoms. The van der Waals surface area contributed by atoms with Gasteiger partial charge < -0.3 is 5.32 Å². The van der Waals surface area contributed by atoms with E-state index in [1.54, 1.807) is 0 Å². The highest BCUT2D eigenvalue weighted by Crippen LogP contribution is 2.29. The molecule has 0 saturated heterocycles. The zero-order chi connectivity index (χ0) is 10.4. The van der Waals surface area contributed by atoms with Crippen molar-refractivity contribution in [3.8, 4) is 0 Å². The SMILES string of the molecule is CC(C)=CCNC1(CCl)CCCCC1. The Hall–Kier alpha value is -0.0100. The number of hydrogen-bond acceptors (Lipinski definition) is 1. The zero-order valence-electron chi connectivity index (χ0n) is 9.41. The summed E-state index contributed by atoms with van der Waals surface area (Å²) in [5, 5.41) is 3.61. The van der Waals surface area contributed by atoms with Crippen LogP contribution in [0.15, 0.2) is 11.6 Å². The maximum absolute atomic E-state index is 6.07. The summed E-state index contributed by atoms with van der Waals surface area (Å²) in [7, 11) is 0. The van der Waals surface area contributed by atoms with Gasteiger partial charge in [-0.15, -0.1) is 11.6 Å². The number of rotatable bonds is 4. The molecule has 0 aromatic heterocycles. The van der Waals surface area contributed by atoms with Crippen LogP contribution in [-0.2, 0) is 0 Å². The van der Waals surface area contributed by atoms with E-state index in [0.29, 0.717) is 0 Å². The first-order chi connectivity index (χ1) is 6.68. The molecule has 14 heavy (non-hydrogen) atoms. The molecule has 0 atom stereocenters. The van der Waals surface area contributed by atoms with E-state index in [2.05, 4.69) is 25.2 Å². The maximum Gasteiger partial charge on any atom is 0.0406 e. The summed E-state index contributed by atoms with van der Waals surface area (Å²) in [6.45, 7) is 5.24. The Morgan fingerprint density at radius 3 is 2.43 bits per heavy atom. The summed E-state index contributed by atoms with van der Waals surface area (Å²) in [6, 6.07) is 0. The number of alkyl halides is 1. The van der Waals surface area contributed by atoms with Crippen LogP contribution in [0.2, 0.25) is 0 Å². The standard InChI is InChI=1S/C12H22ClN/c1-11(2)6-9-14-12(10-13)7-4-3-5-8-12/h6,14H,3-5,7-10H2,1-2H3. The van der Waals surface area contributed by atoms with Crippen LogP contribution in [0.5, 0.6) is 0 Å². The molecule has 0 unspecified atom stereocenters. The molecule has 0 aliphatic heterocycles. The molecule has 0 aromatic carbocycles. The van der Waals surface area contributed by atoms with Crippen LogP contribution in [-0.4, -0.2) is 18.0 Å². The summed E-state index contributed by atoms with van der Waals surface area (Å²) in [6.07, 6.45) is 8.76. The molecule has 1 aliphatic carbocycles. The van der Waals surface area contributed by atoms with E-state index >= 15 is 0 Å². The molecule has 0 radical (unpaired) electrons. The first kappa shape index (κ1) is 12.1. The minimum Gasteiger partial charge on any atom is -0.307 e. The van der Waals surface area contributed by atoms with E-state index in [4.69, 9.17) is 11.6 Å². The lowest BCUT2D eigenvalue weighted by Crippen LogP contribution is -2.48. The van der Waals surface area contributed by atoms with Crippen LogP contribution in [0.25, 0.3) is 0 Å². The van der Waals surface area contributed by atoms with Gasteiger partial charge in [0.1, 0.15) is 0 Å². The third-order valence-corrected chi connectivity index (χ3v) is 3.57. The van der Waals surface area contributed by atoms with Crippen LogP contribution in [0, 0.1) is 0 Å². The molecule has 1 nitrogen and oxygen atoms in total. The van der Waals surface area contributed by atoms with Crippen molar-refractivity contribution >= 4 is 11.6 Å². The molecule has 0 amide bonds. The lowest BCUT2D eigenvalue weighted by molar-refractivity contribution is 0.267. The molecular formula is C12H22ClN. The largest absolute Gasteiger partial charge is 0.307 e. The minimum absolute atomic E-state index is 0.228. The summed E-state index contributed by atoms with van der Waals surface area (Å²) >= 11 is 6.07. The smallest absolute Gasteiger partial charge is 0.0406 e. The monoisotopic (exact) mass is 215 g/mol. The Labute approximate surface area is 92.9 Å². The van der Waals surface area contributed by atoms with Crippen molar-refractivity contribution in [1.82, 2.24) is 5.32 Å². The first-order valence-electron chi connectivity index (χ1n) is 5.63. The third-order valence-electron chi connectivity index (χ3n) is 3.05. The van der Waals surface area contributed by atoms with Gasteiger partial charge in [-0.05, 0) is 26.7 Å². The second kappa shape index (κ2) is 5.77. The number of halogens is 1. The highest BCUT2D eigenvalue weighted by atomic mass is 35.5. The average Bonchev–Trinajstić information content (AvgIpc) is 2.19. The van der Waals surface area contributed by atoms with Gasteiger partial charge in [0.2, 0.25) is 0 Å². The van der Waals surface area contributed by atoms with Gasteiger partial charge in [-0.3, -0.25) is 0 Å². The van der Waals surface area contributed by atoms with E-state index in [1.807, 2.05) is 0 Å². The number of allylic oxidation sites excluding steroid dienone is 1. The van der Waals surface area contributed by atoms with E-state index in [-0.39, 0.29) is 5.54 Å². The normalized spacial score (nSPS) is 20.5. The molecule has 1 fully saturated rings. The summed E-state index contributed by atoms with van der Waals surface area (Å²) in [5.41, 5.74) is 1.60. The van der Waals surface area contributed by atoms with Crippen LogP contribution in [0.4, 0.5) is 0 Å². The Bertz CT molecular complexity index is 188. The van der Waals surface area contributed by atoms with Crippen molar-refractivity contribution in [3.63, 3.8) is 0 Å². The fraction of sp³-hybridized carbons (Fsp3) is 0.833. The van der Waals surface area contributed by atoms with E-state index in [0.717, 1.165) is 12.4 Å². The Balaban J connectivity index is 2.40. The zero-order valence-corrected chi connectivity index (χ0v) is 10.2. The van der Waals surface area contributed by atoms with Gasteiger partial charge in [0.25, 0.3) is 0 Å². The quantitative estimate of drug-likeness (QED) is 0.559. The number of hydrogen-bond donors (Lipinski definition) is 1. The summed E-state index contributed by atoms with van der Waals surface area (Å²) in [4.78, 5) is 0. The van der Waals surface area contributed by atoms with Crippen molar-refractivity contribution in [2.75, 3.05) is 12.4 Å². The molecule has 82 valence electrons. The molecule has 0 heterocycles. The fourth-order valence-electron chi connectivity index (χ4n) is 2.06. The minimum atomic E-state index is 0.228. The predicted octanol–water partition coefficient (Wildman–Crippen LogP) is 3.48. The van der Waals surface area contributed by atoms with Gasteiger partial charge in [0.15, 0.2) is 0 Å². The first-order valence-corrected chi connectivity index (χ1v) is 6.16. The molecule has 0 bridgehead atoms. The van der Waals surface area contributed by atoms with Crippen LogP contribution in [0.3, 0.4) is 0 Å². The van der Waals surface area contributed by atoms with Crippen molar-refractivity contribution in [3.05, 3.63) is 11.6 Å². The van der Waals surface area contributed by atoms with Crippen molar-refractivity contribution in [1.29, 1.82) is 0 Å². The molecule has 1 saturated carbocycles. The average molecular weight is 216 g/mol. The fourth-order valence-corrected chi connectivity index (χ4v) is 2.42. The van der Waals surface area contributed by atoms with Gasteiger partial charge in [0, 0.05) is 18.0 Å². The Morgan fingerprint density at radius 2 is 1.93 bits per heavy atom. The lowest BCUT2D eigenvalue weighted by atomic mass is 9.83. The van der Waals surface area contributed by atoms with E-state index in [1.165, 1.54) is 37.7 Å². The maximum atomic E-state index is 6.07. The number of nitrogens with one attached hydrogen (secondary N) is 1. The van der Waals surface area contributed by atoms with Gasteiger partial charge in [-0.1, -0.05) is 30.9 Å². The highest BCUT2D eigenvalue weighted by molar-refractivity contribution is 6.18.